The van der Waals surface area contributed by atoms with Gasteiger partial charge in [-0.25, -0.2) is 0 Å². The molecule has 78 valence electrons. The average molecular weight is 203 g/mol. The van der Waals surface area contributed by atoms with Crippen LogP contribution in [0.25, 0.3) is 0 Å². The summed E-state index contributed by atoms with van der Waals surface area (Å²) in [5, 5.41) is 8.86. The fourth-order valence-corrected chi connectivity index (χ4v) is 1.11. The highest BCUT2D eigenvalue weighted by Crippen LogP contribution is 2.23. The number of hydrogen-bond acceptors (Lipinski definition) is 3. The number of aldehydes is 1. The molecule has 0 saturated carbocycles. The fraction of sp³-hybridized carbons (Fsp3) is 0.333. The highest BCUT2D eigenvalue weighted by atomic mass is 16.5. The number of aryl methyl sites for hydroxylation is 1. The van der Waals surface area contributed by atoms with Crippen molar-refractivity contribution >= 4 is 6.29 Å². The van der Waals surface area contributed by atoms with E-state index in [-0.39, 0.29) is 0 Å². The third-order valence-corrected chi connectivity index (χ3v) is 1.91. The van der Waals surface area contributed by atoms with Crippen LogP contribution in [0.2, 0.25) is 0 Å². The summed E-state index contributed by atoms with van der Waals surface area (Å²) in [5.41, 5.74) is 0.528. The van der Waals surface area contributed by atoms with Gasteiger partial charge in [0, 0.05) is 0 Å². The van der Waals surface area contributed by atoms with Crippen molar-refractivity contribution in [1.29, 1.82) is 5.26 Å². The Morgan fingerprint density at radius 3 is 2.67 bits per heavy atom. The predicted octanol–water partition coefficient (Wildman–Crippen LogP) is 2.22. The first kappa shape index (κ1) is 11.3. The second-order valence-corrected chi connectivity index (χ2v) is 3.93. The number of carbonyl (C=O) groups is 1. The minimum atomic E-state index is -0.903. The molecule has 0 spiro atoms. The molecule has 0 aliphatic carbocycles. The summed E-state index contributed by atoms with van der Waals surface area (Å²) in [6.07, 6.45) is 0.719. The van der Waals surface area contributed by atoms with Gasteiger partial charge in [-0.2, -0.15) is 5.26 Å². The summed E-state index contributed by atoms with van der Waals surface area (Å²) in [6, 6.07) is 7.30. The van der Waals surface area contributed by atoms with E-state index in [0.717, 1.165) is 11.8 Å². The van der Waals surface area contributed by atoms with Crippen LogP contribution in [0.5, 0.6) is 5.75 Å². The molecule has 0 N–H and O–H groups in total. The van der Waals surface area contributed by atoms with Crippen LogP contribution in [0.1, 0.15) is 25.0 Å². The van der Waals surface area contributed by atoms with E-state index in [4.69, 9.17) is 10.00 Å². The number of nitrogens with zero attached hydrogens (tertiary/aromatic N) is 1. The Hall–Kier alpha value is -1.82. The minimum absolute atomic E-state index is 0.440. The number of ether oxygens (including phenoxy) is 1. The van der Waals surface area contributed by atoms with Crippen LogP contribution in [-0.4, -0.2) is 11.9 Å². The van der Waals surface area contributed by atoms with Gasteiger partial charge in [-0.05, 0) is 38.5 Å². The zero-order chi connectivity index (χ0) is 11.5. The fourth-order valence-electron chi connectivity index (χ4n) is 1.11. The molecule has 15 heavy (non-hydrogen) atoms. The smallest absolute Gasteiger partial charge is 0.162 e. The van der Waals surface area contributed by atoms with Crippen LogP contribution < -0.4 is 4.74 Å². The van der Waals surface area contributed by atoms with Gasteiger partial charge in [0.2, 0.25) is 0 Å². The largest absolute Gasteiger partial charge is 0.479 e. The molecule has 0 saturated heterocycles. The maximum absolute atomic E-state index is 10.7. The molecular formula is C12H13NO2. The van der Waals surface area contributed by atoms with Gasteiger partial charge < -0.3 is 4.74 Å². The third-order valence-electron chi connectivity index (χ3n) is 1.91. The lowest BCUT2D eigenvalue weighted by Crippen LogP contribution is -2.30. The maximum Gasteiger partial charge on any atom is 0.162 e. The molecule has 3 heteroatoms. The van der Waals surface area contributed by atoms with Gasteiger partial charge in [0.15, 0.2) is 11.9 Å². The van der Waals surface area contributed by atoms with Gasteiger partial charge in [-0.1, -0.05) is 6.07 Å². The van der Waals surface area contributed by atoms with Gasteiger partial charge in [-0.15, -0.1) is 0 Å². The number of benzene rings is 1. The van der Waals surface area contributed by atoms with Crippen molar-refractivity contribution < 1.29 is 9.53 Å². The van der Waals surface area contributed by atoms with Crippen molar-refractivity contribution in [3.8, 4) is 11.8 Å². The van der Waals surface area contributed by atoms with Crippen molar-refractivity contribution in [3.63, 3.8) is 0 Å². The molecule has 0 atom stereocenters. The molecule has 0 unspecified atom stereocenters. The van der Waals surface area contributed by atoms with Crippen molar-refractivity contribution in [2.45, 2.75) is 26.4 Å². The maximum atomic E-state index is 10.7. The summed E-state index contributed by atoms with van der Waals surface area (Å²) >= 11 is 0. The Morgan fingerprint density at radius 2 is 2.13 bits per heavy atom. The van der Waals surface area contributed by atoms with E-state index in [0.29, 0.717) is 11.3 Å². The standard InChI is InChI=1S/C12H13NO2/c1-9-4-5-10(7-13)11(6-9)15-12(2,3)8-14/h4-6,8H,1-3H3. The van der Waals surface area contributed by atoms with Gasteiger partial charge in [0.05, 0.1) is 5.56 Å². The molecule has 0 aliphatic rings. The lowest BCUT2D eigenvalue weighted by molar-refractivity contribution is -0.119. The van der Waals surface area contributed by atoms with Crippen LogP contribution >= 0.6 is 0 Å². The van der Waals surface area contributed by atoms with E-state index in [9.17, 15) is 4.79 Å². The number of hydrogen-bond donors (Lipinski definition) is 0. The SMILES string of the molecule is Cc1ccc(C#N)c(OC(C)(C)C=O)c1. The van der Waals surface area contributed by atoms with E-state index < -0.39 is 5.60 Å². The zero-order valence-electron chi connectivity index (χ0n) is 9.07. The second-order valence-electron chi connectivity index (χ2n) is 3.93. The van der Waals surface area contributed by atoms with E-state index in [1.807, 2.05) is 19.1 Å². The first-order valence-electron chi connectivity index (χ1n) is 4.64. The molecule has 0 heterocycles. The van der Waals surface area contributed by atoms with Crippen LogP contribution in [0.3, 0.4) is 0 Å². The highest BCUT2D eigenvalue weighted by Gasteiger charge is 2.19. The van der Waals surface area contributed by atoms with Gasteiger partial charge >= 0.3 is 0 Å². The highest BCUT2D eigenvalue weighted by molar-refractivity contribution is 5.62. The summed E-state index contributed by atoms with van der Waals surface area (Å²) in [4.78, 5) is 10.7. The molecule has 0 fully saturated rings. The quantitative estimate of drug-likeness (QED) is 0.708. The summed E-state index contributed by atoms with van der Waals surface area (Å²) in [7, 11) is 0. The lowest BCUT2D eigenvalue weighted by atomic mass is 10.1. The lowest BCUT2D eigenvalue weighted by Gasteiger charge is -2.20. The molecule has 0 radical (unpaired) electrons. The van der Waals surface area contributed by atoms with Crippen molar-refractivity contribution in [2.75, 3.05) is 0 Å². The topological polar surface area (TPSA) is 50.1 Å². The molecule has 0 bridgehead atoms. The van der Waals surface area contributed by atoms with Gasteiger partial charge in [-0.3, -0.25) is 4.79 Å². The molecule has 0 amide bonds. The Morgan fingerprint density at radius 1 is 1.47 bits per heavy atom. The molecule has 0 aliphatic heterocycles. The van der Waals surface area contributed by atoms with E-state index in [1.165, 1.54) is 0 Å². The molecule has 0 aromatic heterocycles. The number of carbonyl (C=O) groups excluding carboxylic acids is 1. The van der Waals surface area contributed by atoms with Crippen molar-refractivity contribution in [3.05, 3.63) is 29.3 Å². The zero-order valence-corrected chi connectivity index (χ0v) is 9.07. The third kappa shape index (κ3) is 2.81. The Bertz CT molecular complexity index is 416. The number of rotatable bonds is 3. The molecular weight excluding hydrogens is 190 g/mol. The van der Waals surface area contributed by atoms with Crippen LogP contribution in [-0.2, 0) is 4.79 Å². The monoisotopic (exact) mass is 203 g/mol. The first-order chi connectivity index (χ1) is 6.98. The Labute approximate surface area is 89.3 Å². The van der Waals surface area contributed by atoms with E-state index >= 15 is 0 Å². The van der Waals surface area contributed by atoms with Gasteiger partial charge in [0.1, 0.15) is 11.8 Å². The summed E-state index contributed by atoms with van der Waals surface area (Å²) in [6.45, 7) is 5.22. The first-order valence-corrected chi connectivity index (χ1v) is 4.64. The molecule has 1 aromatic carbocycles. The predicted molar refractivity (Wildman–Crippen MR) is 56.7 cm³/mol. The molecule has 3 nitrogen and oxygen atoms in total. The van der Waals surface area contributed by atoms with Crippen molar-refractivity contribution in [2.24, 2.45) is 0 Å². The molecule has 1 rings (SSSR count). The molecule has 1 aromatic rings. The van der Waals surface area contributed by atoms with Crippen molar-refractivity contribution in [1.82, 2.24) is 0 Å². The Balaban J connectivity index is 3.09. The summed E-state index contributed by atoms with van der Waals surface area (Å²) < 4.78 is 5.46. The Kier molecular flexibility index (Phi) is 3.11. The van der Waals surface area contributed by atoms with E-state index in [2.05, 4.69) is 0 Å². The van der Waals surface area contributed by atoms with Crippen LogP contribution in [0.15, 0.2) is 18.2 Å². The number of nitriles is 1. The van der Waals surface area contributed by atoms with E-state index in [1.54, 1.807) is 26.0 Å². The summed E-state index contributed by atoms with van der Waals surface area (Å²) in [5.74, 6) is 0.453. The van der Waals surface area contributed by atoms with Crippen LogP contribution in [0.4, 0.5) is 0 Å². The van der Waals surface area contributed by atoms with Crippen LogP contribution in [0, 0.1) is 18.3 Å². The average Bonchev–Trinajstić information content (AvgIpc) is 2.18. The normalized spacial score (nSPS) is 10.5. The van der Waals surface area contributed by atoms with Gasteiger partial charge in [0.25, 0.3) is 0 Å². The minimum Gasteiger partial charge on any atom is -0.479 e. The second kappa shape index (κ2) is 4.14.